The minimum Gasteiger partial charge on any atom is -0.371 e. The van der Waals surface area contributed by atoms with Crippen LogP contribution in [-0.4, -0.2) is 19.6 Å². The Labute approximate surface area is 110 Å². The first-order valence-electron chi connectivity index (χ1n) is 5.31. The average Bonchev–Trinajstić information content (AvgIpc) is 2.67. The molecule has 0 bridgehead atoms. The third-order valence-corrected chi connectivity index (χ3v) is 3.02. The zero-order chi connectivity index (χ0) is 9.97. The molecule has 0 aliphatic carbocycles. The van der Waals surface area contributed by atoms with Gasteiger partial charge in [-0.15, -0.1) is 24.8 Å². The molecule has 1 unspecified atom stereocenters. The highest BCUT2D eigenvalue weighted by Gasteiger charge is 2.20. The number of benzene rings is 1. The fourth-order valence-corrected chi connectivity index (χ4v) is 2.02. The van der Waals surface area contributed by atoms with Crippen LogP contribution in [0.5, 0.6) is 0 Å². The van der Waals surface area contributed by atoms with E-state index < -0.39 is 0 Å². The molecule has 1 aliphatic rings. The molecule has 0 aromatic heterocycles. The van der Waals surface area contributed by atoms with Crippen molar-refractivity contribution < 1.29 is 0 Å². The monoisotopic (exact) mass is 262 g/mol. The first-order valence-corrected chi connectivity index (χ1v) is 5.31. The highest BCUT2D eigenvalue weighted by atomic mass is 35.5. The fraction of sp³-hybridized carbons (Fsp3) is 0.500. The molecule has 1 fully saturated rings. The summed E-state index contributed by atoms with van der Waals surface area (Å²) in [4.78, 5) is 2.43. The summed E-state index contributed by atoms with van der Waals surface area (Å²) in [7, 11) is 0. The van der Waals surface area contributed by atoms with E-state index in [2.05, 4.69) is 36.1 Å². The van der Waals surface area contributed by atoms with Crippen LogP contribution in [-0.2, 0) is 0 Å². The molecule has 16 heavy (non-hydrogen) atoms. The number of nitrogens with zero attached hydrogens (tertiary/aromatic N) is 1. The van der Waals surface area contributed by atoms with Crippen molar-refractivity contribution in [3.05, 3.63) is 29.8 Å². The van der Waals surface area contributed by atoms with Crippen molar-refractivity contribution in [1.82, 2.24) is 0 Å². The van der Waals surface area contributed by atoms with Gasteiger partial charge in [0.2, 0.25) is 0 Å². The van der Waals surface area contributed by atoms with Gasteiger partial charge in [-0.2, -0.15) is 0 Å². The van der Waals surface area contributed by atoms with E-state index in [1.54, 1.807) is 0 Å². The van der Waals surface area contributed by atoms with Crippen LogP contribution in [0.1, 0.15) is 12.0 Å². The molecule has 0 radical (unpaired) electrons. The summed E-state index contributed by atoms with van der Waals surface area (Å²) in [6.45, 7) is 5.23. The summed E-state index contributed by atoms with van der Waals surface area (Å²) < 4.78 is 0. The van der Waals surface area contributed by atoms with E-state index in [1.807, 2.05) is 0 Å². The molecule has 1 aromatic carbocycles. The van der Waals surface area contributed by atoms with Crippen LogP contribution in [0.3, 0.4) is 0 Å². The topological polar surface area (TPSA) is 29.3 Å². The molecule has 92 valence electrons. The van der Waals surface area contributed by atoms with Crippen molar-refractivity contribution in [2.75, 3.05) is 24.5 Å². The standard InChI is InChI=1S/C12H18N2.2ClH/c1-10-2-4-12(5-3-10)14-7-6-11(8-13)9-14;;/h2-5,11H,6-9,13H2,1H3;2*1H. The first-order chi connectivity index (χ1) is 6.79. The predicted molar refractivity (Wildman–Crippen MR) is 75.0 cm³/mol. The van der Waals surface area contributed by atoms with Crippen molar-refractivity contribution >= 4 is 30.5 Å². The van der Waals surface area contributed by atoms with Gasteiger partial charge in [0.25, 0.3) is 0 Å². The van der Waals surface area contributed by atoms with Crippen molar-refractivity contribution in [3.63, 3.8) is 0 Å². The Kier molecular flexibility index (Phi) is 6.81. The summed E-state index contributed by atoms with van der Waals surface area (Å²) in [5, 5.41) is 0. The molecule has 2 N–H and O–H groups in total. The Morgan fingerprint density at radius 1 is 1.25 bits per heavy atom. The van der Waals surface area contributed by atoms with Crippen LogP contribution in [0.25, 0.3) is 0 Å². The van der Waals surface area contributed by atoms with E-state index in [9.17, 15) is 0 Å². The second-order valence-electron chi connectivity index (χ2n) is 4.17. The van der Waals surface area contributed by atoms with E-state index in [-0.39, 0.29) is 24.8 Å². The second-order valence-corrected chi connectivity index (χ2v) is 4.17. The van der Waals surface area contributed by atoms with E-state index in [0.717, 1.165) is 19.6 Å². The van der Waals surface area contributed by atoms with Gasteiger partial charge in [0, 0.05) is 18.8 Å². The largest absolute Gasteiger partial charge is 0.371 e. The van der Waals surface area contributed by atoms with Crippen LogP contribution < -0.4 is 10.6 Å². The zero-order valence-electron chi connectivity index (χ0n) is 9.56. The predicted octanol–water partition coefficient (Wildman–Crippen LogP) is 2.62. The van der Waals surface area contributed by atoms with Gasteiger partial charge in [-0.3, -0.25) is 0 Å². The summed E-state index contributed by atoms with van der Waals surface area (Å²) in [5.41, 5.74) is 8.33. The van der Waals surface area contributed by atoms with E-state index in [1.165, 1.54) is 17.7 Å². The van der Waals surface area contributed by atoms with Crippen LogP contribution in [0.2, 0.25) is 0 Å². The molecule has 1 atom stereocenters. The van der Waals surface area contributed by atoms with Crippen molar-refractivity contribution in [1.29, 1.82) is 0 Å². The Bertz CT molecular complexity index is 300. The number of aryl methyl sites for hydroxylation is 1. The third-order valence-electron chi connectivity index (χ3n) is 3.02. The van der Waals surface area contributed by atoms with E-state index >= 15 is 0 Å². The summed E-state index contributed by atoms with van der Waals surface area (Å²) in [5.74, 6) is 0.691. The van der Waals surface area contributed by atoms with Gasteiger partial charge in [-0.05, 0) is 37.9 Å². The number of rotatable bonds is 2. The summed E-state index contributed by atoms with van der Waals surface area (Å²) >= 11 is 0. The van der Waals surface area contributed by atoms with Gasteiger partial charge in [0.15, 0.2) is 0 Å². The zero-order valence-corrected chi connectivity index (χ0v) is 11.2. The molecule has 4 heteroatoms. The highest BCUT2D eigenvalue weighted by molar-refractivity contribution is 5.85. The molecule has 1 aliphatic heterocycles. The fourth-order valence-electron chi connectivity index (χ4n) is 2.02. The van der Waals surface area contributed by atoms with Gasteiger partial charge < -0.3 is 10.6 Å². The van der Waals surface area contributed by atoms with Crippen LogP contribution in [0.4, 0.5) is 5.69 Å². The average molecular weight is 263 g/mol. The van der Waals surface area contributed by atoms with Gasteiger partial charge in [0.1, 0.15) is 0 Å². The number of nitrogens with two attached hydrogens (primary N) is 1. The molecule has 1 aromatic rings. The molecule has 2 nitrogen and oxygen atoms in total. The van der Waals surface area contributed by atoms with Crippen molar-refractivity contribution in [3.8, 4) is 0 Å². The maximum absolute atomic E-state index is 5.67. The van der Waals surface area contributed by atoms with Crippen LogP contribution in [0.15, 0.2) is 24.3 Å². The van der Waals surface area contributed by atoms with Crippen molar-refractivity contribution in [2.24, 2.45) is 11.7 Å². The van der Waals surface area contributed by atoms with Gasteiger partial charge >= 0.3 is 0 Å². The highest BCUT2D eigenvalue weighted by Crippen LogP contribution is 2.23. The number of anilines is 1. The summed E-state index contributed by atoms with van der Waals surface area (Å²) in [6.07, 6.45) is 1.24. The van der Waals surface area contributed by atoms with E-state index in [4.69, 9.17) is 5.73 Å². The Hall–Kier alpha value is -0.440. The maximum Gasteiger partial charge on any atom is 0.0366 e. The second kappa shape index (κ2) is 7.00. The van der Waals surface area contributed by atoms with Crippen molar-refractivity contribution in [2.45, 2.75) is 13.3 Å². The SMILES string of the molecule is Cc1ccc(N2CCC(CN)C2)cc1.Cl.Cl. The third kappa shape index (κ3) is 3.55. The van der Waals surface area contributed by atoms with Gasteiger partial charge in [-0.1, -0.05) is 17.7 Å². The van der Waals surface area contributed by atoms with Crippen LogP contribution >= 0.6 is 24.8 Å². The minimum atomic E-state index is 0. The Morgan fingerprint density at radius 3 is 2.38 bits per heavy atom. The van der Waals surface area contributed by atoms with Gasteiger partial charge in [0.05, 0.1) is 0 Å². The molecule has 0 spiro atoms. The Balaban J connectivity index is 0.00000112. The lowest BCUT2D eigenvalue weighted by Crippen LogP contribution is -2.22. The first kappa shape index (κ1) is 15.6. The normalized spacial score (nSPS) is 18.9. The quantitative estimate of drug-likeness (QED) is 0.888. The number of halogens is 2. The Morgan fingerprint density at radius 2 is 1.88 bits per heavy atom. The molecule has 2 rings (SSSR count). The lowest BCUT2D eigenvalue weighted by molar-refractivity contribution is 0.602. The summed E-state index contributed by atoms with van der Waals surface area (Å²) in [6, 6.07) is 8.75. The molecule has 0 saturated carbocycles. The molecule has 0 amide bonds. The minimum absolute atomic E-state index is 0. The molecular formula is C12H20Cl2N2. The molecular weight excluding hydrogens is 243 g/mol. The number of hydrogen-bond acceptors (Lipinski definition) is 2. The lowest BCUT2D eigenvalue weighted by atomic mass is 10.1. The smallest absolute Gasteiger partial charge is 0.0366 e. The lowest BCUT2D eigenvalue weighted by Gasteiger charge is -2.18. The molecule has 1 heterocycles. The molecule has 1 saturated heterocycles. The number of hydrogen-bond donors (Lipinski definition) is 1. The van der Waals surface area contributed by atoms with E-state index in [0.29, 0.717) is 5.92 Å². The maximum atomic E-state index is 5.67. The van der Waals surface area contributed by atoms with Crippen LogP contribution in [0, 0.1) is 12.8 Å². The van der Waals surface area contributed by atoms with Gasteiger partial charge in [-0.25, -0.2) is 0 Å².